The molecule has 0 bridgehead atoms. The number of hydrogen-bond donors (Lipinski definition) is 0. The summed E-state index contributed by atoms with van der Waals surface area (Å²) in [7, 11) is -3.26. The Hall–Kier alpha value is -0.620. The Bertz CT molecular complexity index is 587. The number of nitrogens with zero attached hydrogens (tertiary/aromatic N) is 1. The normalized spacial score (nSPS) is 29.6. The van der Waals surface area contributed by atoms with Gasteiger partial charge in [0.15, 0.2) is 0 Å². The Morgan fingerprint density at radius 3 is 2.67 bits per heavy atom. The van der Waals surface area contributed by atoms with Crippen molar-refractivity contribution >= 4 is 21.6 Å². The molecule has 1 heterocycles. The van der Waals surface area contributed by atoms with E-state index in [2.05, 4.69) is 0 Å². The third kappa shape index (κ3) is 3.42. The molecule has 4 nitrogen and oxygen atoms in total. The van der Waals surface area contributed by atoms with Crippen LogP contribution in [0.4, 0.5) is 0 Å². The van der Waals surface area contributed by atoms with Crippen molar-refractivity contribution in [3.8, 4) is 0 Å². The maximum Gasteiger partial charge on any atom is 0.217 e. The average molecular weight is 330 g/mol. The first-order valence-corrected chi connectivity index (χ1v) is 9.40. The van der Waals surface area contributed by atoms with Crippen LogP contribution in [0.1, 0.15) is 31.2 Å². The van der Waals surface area contributed by atoms with Crippen LogP contribution in [-0.4, -0.2) is 37.2 Å². The molecule has 1 aromatic rings. The van der Waals surface area contributed by atoms with Gasteiger partial charge in [0, 0.05) is 11.6 Å². The molecule has 3 rings (SSSR count). The van der Waals surface area contributed by atoms with Crippen molar-refractivity contribution in [2.75, 3.05) is 12.4 Å². The molecule has 2 fully saturated rings. The lowest BCUT2D eigenvalue weighted by atomic mass is 9.92. The highest BCUT2D eigenvalue weighted by Crippen LogP contribution is 2.31. The van der Waals surface area contributed by atoms with Gasteiger partial charge in [-0.3, -0.25) is 0 Å². The van der Waals surface area contributed by atoms with E-state index in [1.54, 1.807) is 16.4 Å². The summed E-state index contributed by atoms with van der Waals surface area (Å²) >= 11 is 5.90. The summed E-state index contributed by atoms with van der Waals surface area (Å²) in [6.45, 7) is 0.713. The quantitative estimate of drug-likeness (QED) is 0.838. The number of halogens is 1. The SMILES string of the molecule is O=S1(=O)CCO[C@H]2CCCC[C@@H]2N1Cc1ccc(Cl)cc1. The molecule has 6 heteroatoms. The molecule has 1 saturated heterocycles. The Morgan fingerprint density at radius 2 is 1.90 bits per heavy atom. The van der Waals surface area contributed by atoms with E-state index in [9.17, 15) is 8.42 Å². The third-order valence-electron chi connectivity index (χ3n) is 4.32. The van der Waals surface area contributed by atoms with Crippen LogP contribution in [0.25, 0.3) is 0 Å². The molecule has 21 heavy (non-hydrogen) atoms. The molecule has 0 radical (unpaired) electrons. The Labute approximate surface area is 131 Å². The van der Waals surface area contributed by atoms with Gasteiger partial charge >= 0.3 is 0 Å². The van der Waals surface area contributed by atoms with Gasteiger partial charge in [-0.15, -0.1) is 0 Å². The number of hydrogen-bond acceptors (Lipinski definition) is 3. The van der Waals surface area contributed by atoms with Gasteiger partial charge in [-0.25, -0.2) is 8.42 Å². The van der Waals surface area contributed by atoms with Gasteiger partial charge in [-0.2, -0.15) is 4.31 Å². The van der Waals surface area contributed by atoms with Gasteiger partial charge in [0.05, 0.1) is 24.5 Å². The van der Waals surface area contributed by atoms with Crippen molar-refractivity contribution in [1.29, 1.82) is 0 Å². The number of rotatable bonds is 2. The number of ether oxygens (including phenoxy) is 1. The molecule has 1 saturated carbocycles. The predicted molar refractivity (Wildman–Crippen MR) is 82.8 cm³/mol. The van der Waals surface area contributed by atoms with E-state index in [4.69, 9.17) is 16.3 Å². The van der Waals surface area contributed by atoms with Crippen molar-refractivity contribution in [3.05, 3.63) is 34.9 Å². The summed E-state index contributed by atoms with van der Waals surface area (Å²) in [4.78, 5) is 0. The molecule has 1 aromatic carbocycles. The first-order chi connectivity index (χ1) is 10.1. The second-order valence-electron chi connectivity index (χ2n) is 5.75. The topological polar surface area (TPSA) is 46.6 Å². The van der Waals surface area contributed by atoms with Crippen LogP contribution in [0.5, 0.6) is 0 Å². The van der Waals surface area contributed by atoms with Crippen LogP contribution in [0.15, 0.2) is 24.3 Å². The van der Waals surface area contributed by atoms with Gasteiger partial charge in [0.25, 0.3) is 0 Å². The van der Waals surface area contributed by atoms with E-state index < -0.39 is 10.0 Å². The standard InChI is InChI=1S/C15H20ClNO3S/c16-13-7-5-12(6-8-13)11-17-14-3-1-2-4-15(14)20-9-10-21(17,18)19/h5-8,14-15H,1-4,9-11H2/t14-,15-/m0/s1. The lowest BCUT2D eigenvalue weighted by Gasteiger charge is -2.36. The predicted octanol–water partition coefficient (Wildman–Crippen LogP) is 2.81. The van der Waals surface area contributed by atoms with Crippen LogP contribution in [0, 0.1) is 0 Å². The Morgan fingerprint density at radius 1 is 1.19 bits per heavy atom. The summed E-state index contributed by atoms with van der Waals surface area (Å²) < 4.78 is 32.5. The zero-order valence-electron chi connectivity index (χ0n) is 11.9. The van der Waals surface area contributed by atoms with Crippen molar-refractivity contribution in [1.82, 2.24) is 4.31 Å². The first-order valence-electron chi connectivity index (χ1n) is 7.42. The van der Waals surface area contributed by atoms with Crippen molar-refractivity contribution in [2.24, 2.45) is 0 Å². The van der Waals surface area contributed by atoms with E-state index in [1.165, 1.54) is 0 Å². The van der Waals surface area contributed by atoms with E-state index in [0.29, 0.717) is 18.2 Å². The number of sulfonamides is 1. The highest BCUT2D eigenvalue weighted by atomic mass is 35.5. The first kappa shape index (κ1) is 15.3. The van der Waals surface area contributed by atoms with Crippen molar-refractivity contribution in [3.63, 3.8) is 0 Å². The van der Waals surface area contributed by atoms with Crippen LogP contribution in [0.2, 0.25) is 5.02 Å². The zero-order chi connectivity index (χ0) is 14.9. The van der Waals surface area contributed by atoms with Gasteiger partial charge in [-0.1, -0.05) is 36.6 Å². The Kier molecular flexibility index (Phi) is 4.54. The molecule has 2 aliphatic rings. The fourth-order valence-electron chi connectivity index (χ4n) is 3.21. The summed E-state index contributed by atoms with van der Waals surface area (Å²) in [5.41, 5.74) is 0.967. The Balaban J connectivity index is 1.88. The highest BCUT2D eigenvalue weighted by molar-refractivity contribution is 7.89. The van der Waals surface area contributed by atoms with Gasteiger partial charge < -0.3 is 4.74 Å². The second-order valence-corrected chi connectivity index (χ2v) is 8.23. The summed E-state index contributed by atoms with van der Waals surface area (Å²) in [6.07, 6.45) is 4.07. The van der Waals surface area contributed by atoms with Crippen LogP contribution in [-0.2, 0) is 21.3 Å². The van der Waals surface area contributed by atoms with E-state index in [1.807, 2.05) is 12.1 Å². The average Bonchev–Trinajstić information content (AvgIpc) is 2.58. The van der Waals surface area contributed by atoms with E-state index in [0.717, 1.165) is 31.2 Å². The lowest BCUT2D eigenvalue weighted by Crippen LogP contribution is -2.47. The minimum Gasteiger partial charge on any atom is -0.375 e. The molecule has 0 amide bonds. The maximum atomic E-state index is 12.5. The lowest BCUT2D eigenvalue weighted by molar-refractivity contribution is -0.00101. The van der Waals surface area contributed by atoms with Crippen LogP contribution < -0.4 is 0 Å². The molecule has 0 N–H and O–H groups in total. The highest BCUT2D eigenvalue weighted by Gasteiger charge is 2.39. The molecule has 116 valence electrons. The molecule has 1 aliphatic heterocycles. The zero-order valence-corrected chi connectivity index (χ0v) is 13.4. The molecule has 2 atom stereocenters. The molecule has 0 aromatic heterocycles. The van der Waals surface area contributed by atoms with Gasteiger partial charge in [-0.05, 0) is 30.5 Å². The van der Waals surface area contributed by atoms with Gasteiger partial charge in [0.1, 0.15) is 0 Å². The minimum atomic E-state index is -3.26. The number of fused-ring (bicyclic) bond motifs is 1. The maximum absolute atomic E-state index is 12.5. The van der Waals surface area contributed by atoms with E-state index in [-0.39, 0.29) is 17.9 Å². The molecular weight excluding hydrogens is 310 g/mol. The van der Waals surface area contributed by atoms with Crippen molar-refractivity contribution < 1.29 is 13.2 Å². The minimum absolute atomic E-state index is 0.0260. The van der Waals surface area contributed by atoms with Gasteiger partial charge in [0.2, 0.25) is 10.0 Å². The fraction of sp³-hybridized carbons (Fsp3) is 0.600. The summed E-state index contributed by atoms with van der Waals surface area (Å²) in [5, 5.41) is 0.663. The summed E-state index contributed by atoms with van der Waals surface area (Å²) in [5.74, 6) is 0.0770. The molecule has 0 unspecified atom stereocenters. The number of benzene rings is 1. The monoisotopic (exact) mass is 329 g/mol. The molecule has 0 spiro atoms. The third-order valence-corrected chi connectivity index (χ3v) is 6.37. The van der Waals surface area contributed by atoms with Crippen LogP contribution >= 0.6 is 11.6 Å². The molecular formula is C15H20ClNO3S. The van der Waals surface area contributed by atoms with Crippen LogP contribution in [0.3, 0.4) is 0 Å². The molecule has 1 aliphatic carbocycles. The summed E-state index contributed by atoms with van der Waals surface area (Å²) in [6, 6.07) is 7.36. The van der Waals surface area contributed by atoms with E-state index >= 15 is 0 Å². The van der Waals surface area contributed by atoms with Crippen molar-refractivity contribution in [2.45, 2.75) is 44.4 Å². The smallest absolute Gasteiger partial charge is 0.217 e. The second kappa shape index (κ2) is 6.24. The fourth-order valence-corrected chi connectivity index (χ4v) is 4.88. The largest absolute Gasteiger partial charge is 0.375 e.